The van der Waals surface area contributed by atoms with E-state index in [1.165, 1.54) is 0 Å². The van der Waals surface area contributed by atoms with Gasteiger partial charge >= 0.3 is 336 Å². The number of hydrogen-bond donors (Lipinski definition) is 0. The first-order valence-electron chi connectivity index (χ1n) is 27.4. The molecule has 0 atom stereocenters. The zero-order valence-electron chi connectivity index (χ0n) is 47.3. The van der Waals surface area contributed by atoms with Crippen molar-refractivity contribution in [1.29, 1.82) is 0 Å². The van der Waals surface area contributed by atoms with E-state index in [1.807, 2.05) is 125 Å². The van der Waals surface area contributed by atoms with E-state index in [0.29, 0.717) is 37.5 Å². The Morgan fingerprint density at radius 3 is 2.04 bits per heavy atom. The van der Waals surface area contributed by atoms with Crippen LogP contribution in [0.1, 0.15) is 51.2 Å². The van der Waals surface area contributed by atoms with Crippen LogP contribution in [-0.4, -0.2) is 21.1 Å². The van der Waals surface area contributed by atoms with Gasteiger partial charge in [-0.15, -0.1) is 0 Å². The van der Waals surface area contributed by atoms with E-state index in [1.54, 1.807) is 48.5 Å². The summed E-state index contributed by atoms with van der Waals surface area (Å²) in [5.74, 6) is 0.522. The van der Waals surface area contributed by atoms with Crippen molar-refractivity contribution in [2.45, 2.75) is 39.9 Å². The predicted octanol–water partition coefficient (Wildman–Crippen LogP) is 14.6. The van der Waals surface area contributed by atoms with E-state index in [-0.39, 0.29) is 52.3 Å². The van der Waals surface area contributed by atoms with Crippen LogP contribution in [0.25, 0.3) is 55.8 Å². The first-order chi connectivity index (χ1) is 37.2. The van der Waals surface area contributed by atoms with E-state index in [2.05, 4.69) is 61.6 Å². The number of benzene rings is 8. The number of fused-ring (bicyclic) bond motifs is 9. The molecule has 0 saturated carbocycles. The first kappa shape index (κ1) is 32.3. The maximum absolute atomic E-state index is 9.33. The molecule has 2 aliphatic rings. The number of imidazole rings is 1. The number of para-hydroxylation sites is 5. The molecule has 0 unspecified atom stereocenters. The van der Waals surface area contributed by atoms with Crippen LogP contribution in [0.4, 0.5) is 22.9 Å². The molecule has 6 nitrogen and oxygen atoms in total. The summed E-state index contributed by atoms with van der Waals surface area (Å²) in [6.45, 7) is 0.625. The van der Waals surface area contributed by atoms with Crippen molar-refractivity contribution in [3.63, 3.8) is 0 Å². The average molecular weight is 1070 g/mol. The second kappa shape index (κ2) is 16.4. The fraction of sp³-hybridized carbons (Fsp3) is 0.100. The topological polar surface area (TPSA) is 38.5 Å². The normalized spacial score (nSPS) is 15.3. The van der Waals surface area contributed by atoms with Gasteiger partial charge in [-0.3, -0.25) is 0 Å². The summed E-state index contributed by atoms with van der Waals surface area (Å²) in [7, 11) is 0. The van der Waals surface area contributed by atoms with Crippen molar-refractivity contribution < 1.29 is 37.8 Å². The van der Waals surface area contributed by atoms with Gasteiger partial charge in [0.05, 0.1) is 5.48 Å². The van der Waals surface area contributed by atoms with E-state index in [9.17, 15) is 1.37 Å². The van der Waals surface area contributed by atoms with Gasteiger partial charge in [-0.2, -0.15) is 0 Å². The van der Waals surface area contributed by atoms with E-state index < -0.39 is 20.7 Å². The van der Waals surface area contributed by atoms with Crippen LogP contribution in [0.2, 0.25) is 0 Å². The number of aromatic nitrogens is 3. The monoisotopic (exact) mass is 1070 g/mol. The molecule has 8 aromatic carbocycles. The molecule has 332 valence electrons. The van der Waals surface area contributed by atoms with Crippen LogP contribution in [-0.2, 0) is 24.8 Å². The first-order valence-corrected chi connectivity index (χ1v) is 23.5. The van der Waals surface area contributed by atoms with E-state index in [4.69, 9.17) is 22.1 Å². The predicted molar refractivity (Wildman–Crippen MR) is 277 cm³/mol. The molecule has 0 spiro atoms. The van der Waals surface area contributed by atoms with Gasteiger partial charge in [-0.25, -0.2) is 0 Å². The fourth-order valence-corrected chi connectivity index (χ4v) is 10.8. The standard InChI is InChI=1S/C60H48BN5O.Pt/c1-40-35-48(42-19-7-6-8-20-42)59(49(36-40)43-21-17-22-44(37-43)60(3,4)5)64-39-63(52-27-13-14-28-53(52)64)45-34-33-41(2)56(38-45)67-58-32-18-31-57(62-58)66-55-30-16-15-29-54(55)65-51-26-12-10-24-47(51)46-23-9-11-25-50(46)61(65)66;/h6-38H,1-5H3;/i1D3,2D3,9D,11D,23D,25D;. The maximum atomic E-state index is 9.33. The molecule has 0 radical (unpaired) electrons. The third kappa shape index (κ3) is 6.90. The summed E-state index contributed by atoms with van der Waals surface area (Å²) in [5.41, 5.74) is 10.9. The number of rotatable bonds is 7. The smallest absolute Gasteiger partial charge is 0.0615 e. The Kier molecular flexibility index (Phi) is 7.78. The third-order valence-electron chi connectivity index (χ3n) is 12.9. The van der Waals surface area contributed by atoms with E-state index in [0.717, 1.165) is 56.0 Å². The van der Waals surface area contributed by atoms with Crippen molar-refractivity contribution >= 4 is 46.4 Å². The van der Waals surface area contributed by atoms with Crippen molar-refractivity contribution in [1.82, 2.24) is 14.1 Å². The molecule has 4 heterocycles. The summed E-state index contributed by atoms with van der Waals surface area (Å²) >= 11 is 2.30. The van der Waals surface area contributed by atoms with Gasteiger partial charge in [0.25, 0.3) is 0 Å². The number of aryl methyl sites for hydroxylation is 2. The number of anilines is 4. The SMILES string of the molecule is [2H]c1c([2H])c([2H])c2c(c1[2H])B1N(c3cccc(Oc4cc(-n5[c](=[Pt])n(-c6c(-c7ccccc7)cc(C([2H])([2H])[2H])cc6-c6cccc(C(C)(C)C)c6)c6ccccc65)ccc4C([2H])([2H])[2H])n3)c3ccccc3N1c1ccccc1-2. The van der Waals surface area contributed by atoms with Gasteiger partial charge in [0.2, 0.25) is 0 Å². The second-order valence-corrected chi connectivity index (χ2v) is 19.1. The molecular formula is C60H48BN5OPt. The van der Waals surface area contributed by atoms with Crippen LogP contribution in [0.5, 0.6) is 11.6 Å². The molecule has 2 aromatic heterocycles. The molecule has 0 amide bonds. The number of hydrogen-bond acceptors (Lipinski definition) is 4. The minimum atomic E-state index is -2.61. The van der Waals surface area contributed by atoms with Crippen LogP contribution in [0.3, 0.4) is 0 Å². The summed E-state index contributed by atoms with van der Waals surface area (Å²) in [6, 6.07) is 54.1. The van der Waals surface area contributed by atoms with Gasteiger partial charge in [0.15, 0.2) is 0 Å². The summed E-state index contributed by atoms with van der Waals surface area (Å²) in [6.07, 6.45) is 0. The fourth-order valence-electron chi connectivity index (χ4n) is 9.74. The van der Waals surface area contributed by atoms with Crippen LogP contribution < -0.4 is 19.8 Å². The Morgan fingerprint density at radius 1 is 0.588 bits per heavy atom. The molecule has 8 heteroatoms. The molecule has 10 aromatic rings. The molecule has 68 heavy (non-hydrogen) atoms. The molecule has 12 rings (SSSR count). The summed E-state index contributed by atoms with van der Waals surface area (Å²) < 4.78 is 99.8. The van der Waals surface area contributed by atoms with Gasteiger partial charge < -0.3 is 0 Å². The summed E-state index contributed by atoms with van der Waals surface area (Å²) in [4.78, 5) is 9.08. The Balaban J connectivity index is 1.03. The Hall–Kier alpha value is -7.47. The second-order valence-electron chi connectivity index (χ2n) is 18.0. The minimum absolute atomic E-state index is 0.0405. The van der Waals surface area contributed by atoms with Gasteiger partial charge in [-0.1, -0.05) is 54.5 Å². The zero-order chi connectivity index (χ0) is 54.7. The van der Waals surface area contributed by atoms with Gasteiger partial charge in [0.1, 0.15) is 0 Å². The van der Waals surface area contributed by atoms with Crippen LogP contribution in [0.15, 0.2) is 200 Å². The minimum Gasteiger partial charge on any atom is -0.0615 e. The van der Waals surface area contributed by atoms with Crippen molar-refractivity contribution in [2.75, 3.05) is 9.62 Å². The Labute approximate surface area is 423 Å². The Bertz CT molecular complexity index is 4150. The number of nitrogens with zero attached hydrogens (tertiary/aromatic N) is 5. The van der Waals surface area contributed by atoms with Gasteiger partial charge in [-0.05, 0) is 17.7 Å². The van der Waals surface area contributed by atoms with Crippen LogP contribution >= 0.6 is 0 Å². The number of ether oxygens (including phenoxy) is 1. The van der Waals surface area contributed by atoms with E-state index >= 15 is 0 Å². The zero-order valence-corrected chi connectivity index (χ0v) is 39.6. The molecule has 0 saturated heterocycles. The van der Waals surface area contributed by atoms with Gasteiger partial charge in [0, 0.05) is 11.3 Å². The van der Waals surface area contributed by atoms with Crippen LogP contribution in [0, 0.1) is 17.5 Å². The van der Waals surface area contributed by atoms with Crippen molar-refractivity contribution in [3.8, 4) is 56.4 Å². The molecular weight excluding hydrogens is 1010 g/mol. The third-order valence-corrected chi connectivity index (χ3v) is 13.9. The molecule has 0 aliphatic carbocycles. The quantitative estimate of drug-likeness (QED) is 0.149. The Morgan fingerprint density at radius 2 is 1.26 bits per heavy atom. The number of pyridine rings is 1. The molecule has 0 N–H and O–H groups in total. The molecule has 0 fully saturated rings. The van der Waals surface area contributed by atoms with Crippen molar-refractivity contribution in [2.24, 2.45) is 0 Å². The molecule has 0 bridgehead atoms. The summed E-state index contributed by atoms with van der Waals surface area (Å²) in [5, 5.41) is 0. The van der Waals surface area contributed by atoms with Crippen molar-refractivity contribution in [3.05, 3.63) is 221 Å². The average Bonchev–Trinajstić information content (AvgIpc) is 3.98. The molecule has 2 aliphatic heterocycles.